The molecule has 0 fully saturated rings. The number of hydrogen-bond acceptors (Lipinski definition) is 5. The summed E-state index contributed by atoms with van der Waals surface area (Å²) in [4.78, 5) is 22.8. The summed E-state index contributed by atoms with van der Waals surface area (Å²) >= 11 is 1.28. The van der Waals surface area contributed by atoms with Crippen molar-refractivity contribution < 1.29 is 14.5 Å². The van der Waals surface area contributed by atoms with Crippen LogP contribution in [0.2, 0.25) is 0 Å². The van der Waals surface area contributed by atoms with E-state index in [1.807, 2.05) is 32.0 Å². The largest absolute Gasteiger partial charge is 0.425 e. The first-order valence-electron chi connectivity index (χ1n) is 6.61. The van der Waals surface area contributed by atoms with E-state index >= 15 is 0 Å². The summed E-state index contributed by atoms with van der Waals surface area (Å²) in [6.45, 7) is 3.78. The van der Waals surface area contributed by atoms with Gasteiger partial charge in [0.1, 0.15) is 5.75 Å². The summed E-state index contributed by atoms with van der Waals surface area (Å²) in [5.74, 6) is 0.392. The smallest absolute Gasteiger partial charge is 0.321 e. The summed E-state index contributed by atoms with van der Waals surface area (Å²) in [5.41, 5.74) is 1.85. The Labute approximate surface area is 132 Å². The van der Waals surface area contributed by atoms with Gasteiger partial charge in [-0.25, -0.2) is 0 Å². The number of rotatable bonds is 5. The molecule has 0 bridgehead atoms. The Hall–Kier alpha value is -2.34. The average molecular weight is 317 g/mol. The lowest BCUT2D eigenvalue weighted by molar-refractivity contribution is -0.384. The van der Waals surface area contributed by atoms with E-state index in [0.29, 0.717) is 5.75 Å². The van der Waals surface area contributed by atoms with Crippen molar-refractivity contribution in [3.63, 3.8) is 0 Å². The molecular weight excluding hydrogens is 302 g/mol. The lowest BCUT2D eigenvalue weighted by atomic mass is 10.1. The van der Waals surface area contributed by atoms with Gasteiger partial charge in [-0.1, -0.05) is 18.2 Å². The van der Waals surface area contributed by atoms with Gasteiger partial charge in [0.05, 0.1) is 10.7 Å². The van der Waals surface area contributed by atoms with Crippen molar-refractivity contribution >= 4 is 23.4 Å². The van der Waals surface area contributed by atoms with Crippen LogP contribution in [0.1, 0.15) is 11.1 Å². The highest BCUT2D eigenvalue weighted by Gasteiger charge is 2.11. The average Bonchev–Trinajstić information content (AvgIpc) is 2.49. The predicted octanol–water partition coefficient (Wildman–Crippen LogP) is 3.91. The molecule has 0 atom stereocenters. The van der Waals surface area contributed by atoms with E-state index in [1.54, 1.807) is 12.1 Å². The van der Waals surface area contributed by atoms with Gasteiger partial charge in [-0.3, -0.25) is 14.9 Å². The zero-order chi connectivity index (χ0) is 16.1. The highest BCUT2D eigenvalue weighted by Crippen LogP contribution is 2.25. The van der Waals surface area contributed by atoms with Crippen molar-refractivity contribution in [1.29, 1.82) is 0 Å². The van der Waals surface area contributed by atoms with Crippen molar-refractivity contribution in [2.24, 2.45) is 0 Å². The molecule has 6 heteroatoms. The summed E-state index contributed by atoms with van der Waals surface area (Å²) in [6.07, 6.45) is 0. The van der Waals surface area contributed by atoms with Crippen molar-refractivity contribution in [1.82, 2.24) is 0 Å². The third-order valence-corrected chi connectivity index (χ3v) is 4.01. The number of benzene rings is 2. The van der Waals surface area contributed by atoms with E-state index in [1.165, 1.54) is 23.9 Å². The third kappa shape index (κ3) is 4.08. The Morgan fingerprint density at radius 1 is 1.14 bits per heavy atom. The van der Waals surface area contributed by atoms with Crippen LogP contribution in [0.4, 0.5) is 5.69 Å². The lowest BCUT2D eigenvalue weighted by Gasteiger charge is -2.10. The fourth-order valence-electron chi connectivity index (χ4n) is 1.91. The number of hydrogen-bond donors (Lipinski definition) is 0. The van der Waals surface area contributed by atoms with Crippen LogP contribution in [-0.2, 0) is 4.79 Å². The van der Waals surface area contributed by atoms with Gasteiger partial charge >= 0.3 is 5.97 Å². The molecule has 0 radical (unpaired) electrons. The zero-order valence-corrected chi connectivity index (χ0v) is 13.1. The van der Waals surface area contributed by atoms with Crippen LogP contribution < -0.4 is 4.74 Å². The number of ether oxygens (including phenoxy) is 1. The number of nitrogens with zero attached hydrogens (tertiary/aromatic N) is 1. The maximum absolute atomic E-state index is 11.9. The first-order chi connectivity index (χ1) is 10.5. The molecular formula is C16H15NO4S. The SMILES string of the molecule is Cc1cccc(C)c1OC(=O)CSc1ccc([N+](=O)[O-])cc1. The molecule has 0 saturated carbocycles. The molecule has 2 rings (SSSR count). The van der Waals surface area contributed by atoms with Gasteiger partial charge in [0.25, 0.3) is 5.69 Å². The Balaban J connectivity index is 1.94. The number of nitro groups is 1. The van der Waals surface area contributed by atoms with E-state index in [4.69, 9.17) is 4.74 Å². The van der Waals surface area contributed by atoms with Crippen LogP contribution in [0, 0.1) is 24.0 Å². The second kappa shape index (κ2) is 7.09. The van der Waals surface area contributed by atoms with Gasteiger partial charge in [-0.15, -0.1) is 11.8 Å². The van der Waals surface area contributed by atoms with Gasteiger partial charge in [-0.2, -0.15) is 0 Å². The lowest BCUT2D eigenvalue weighted by Crippen LogP contribution is -2.12. The summed E-state index contributed by atoms with van der Waals surface area (Å²) in [5, 5.41) is 10.6. The highest BCUT2D eigenvalue weighted by molar-refractivity contribution is 8.00. The van der Waals surface area contributed by atoms with E-state index in [2.05, 4.69) is 0 Å². The first kappa shape index (κ1) is 16.0. The Bertz CT molecular complexity index is 678. The van der Waals surface area contributed by atoms with Crippen LogP contribution in [0.15, 0.2) is 47.4 Å². The van der Waals surface area contributed by atoms with Crippen molar-refractivity contribution in [2.75, 3.05) is 5.75 Å². The molecule has 0 N–H and O–H groups in total. The normalized spacial score (nSPS) is 10.3. The second-order valence-corrected chi connectivity index (χ2v) is 5.78. The maximum Gasteiger partial charge on any atom is 0.321 e. The molecule has 114 valence electrons. The number of non-ortho nitro benzene ring substituents is 1. The van der Waals surface area contributed by atoms with E-state index in [9.17, 15) is 14.9 Å². The van der Waals surface area contributed by atoms with Crippen LogP contribution in [0.5, 0.6) is 5.75 Å². The molecule has 0 aliphatic carbocycles. The van der Waals surface area contributed by atoms with Gasteiger partial charge in [-0.05, 0) is 37.1 Å². The monoisotopic (exact) mass is 317 g/mol. The summed E-state index contributed by atoms with van der Waals surface area (Å²) in [7, 11) is 0. The number of nitro benzene ring substituents is 1. The minimum Gasteiger partial charge on any atom is -0.425 e. The number of esters is 1. The standard InChI is InChI=1S/C16H15NO4S/c1-11-4-3-5-12(2)16(11)21-15(18)10-22-14-8-6-13(7-9-14)17(19)20/h3-9H,10H2,1-2H3. The summed E-state index contributed by atoms with van der Waals surface area (Å²) < 4.78 is 5.39. The molecule has 0 spiro atoms. The number of para-hydroxylation sites is 1. The van der Waals surface area contributed by atoms with Crippen molar-refractivity contribution in [2.45, 2.75) is 18.7 Å². The van der Waals surface area contributed by atoms with Gasteiger partial charge in [0.2, 0.25) is 0 Å². The fraction of sp³-hybridized carbons (Fsp3) is 0.188. The molecule has 5 nitrogen and oxygen atoms in total. The maximum atomic E-state index is 11.9. The zero-order valence-electron chi connectivity index (χ0n) is 12.2. The molecule has 0 heterocycles. The number of aryl methyl sites for hydroxylation is 2. The number of thioether (sulfide) groups is 1. The third-order valence-electron chi connectivity index (χ3n) is 3.03. The minimum absolute atomic E-state index is 0.0301. The molecule has 0 amide bonds. The van der Waals surface area contributed by atoms with Gasteiger partial charge in [0.15, 0.2) is 0 Å². The molecule has 0 saturated heterocycles. The minimum atomic E-state index is -0.455. The Morgan fingerprint density at radius 2 is 1.73 bits per heavy atom. The number of carbonyl (C=O) groups excluding carboxylic acids is 1. The molecule has 0 aromatic heterocycles. The van der Waals surface area contributed by atoms with Gasteiger partial charge < -0.3 is 4.74 Å². The Kier molecular flexibility index (Phi) is 5.16. The molecule has 0 aliphatic heterocycles. The van der Waals surface area contributed by atoms with E-state index < -0.39 is 4.92 Å². The van der Waals surface area contributed by atoms with E-state index in [0.717, 1.165) is 16.0 Å². The first-order valence-corrected chi connectivity index (χ1v) is 7.60. The van der Waals surface area contributed by atoms with Crippen LogP contribution in [-0.4, -0.2) is 16.6 Å². The van der Waals surface area contributed by atoms with Crippen molar-refractivity contribution in [3.05, 3.63) is 63.7 Å². The van der Waals surface area contributed by atoms with E-state index in [-0.39, 0.29) is 17.4 Å². The molecule has 22 heavy (non-hydrogen) atoms. The second-order valence-electron chi connectivity index (χ2n) is 4.73. The predicted molar refractivity (Wildman–Crippen MR) is 85.4 cm³/mol. The van der Waals surface area contributed by atoms with Gasteiger partial charge in [0, 0.05) is 17.0 Å². The highest BCUT2D eigenvalue weighted by atomic mass is 32.2. The van der Waals surface area contributed by atoms with Crippen LogP contribution in [0.25, 0.3) is 0 Å². The molecule has 0 aliphatic rings. The molecule has 2 aromatic rings. The Morgan fingerprint density at radius 3 is 2.27 bits per heavy atom. The quantitative estimate of drug-likeness (QED) is 0.275. The van der Waals surface area contributed by atoms with Crippen LogP contribution in [0.3, 0.4) is 0 Å². The topological polar surface area (TPSA) is 69.4 Å². The van der Waals surface area contributed by atoms with Crippen molar-refractivity contribution in [3.8, 4) is 5.75 Å². The number of carbonyl (C=O) groups is 1. The molecule has 0 unspecified atom stereocenters. The fourth-order valence-corrected chi connectivity index (χ4v) is 2.58. The summed E-state index contributed by atoms with van der Waals surface area (Å²) in [6, 6.07) is 11.8. The van der Waals surface area contributed by atoms with Crippen LogP contribution >= 0.6 is 11.8 Å². The molecule has 2 aromatic carbocycles.